The van der Waals surface area contributed by atoms with Gasteiger partial charge < -0.3 is 10.0 Å². The quantitative estimate of drug-likeness (QED) is 0.901. The smallest absolute Gasteiger partial charge is 0.123 e. The summed E-state index contributed by atoms with van der Waals surface area (Å²) in [6, 6.07) is 13.3. The first-order valence-corrected chi connectivity index (χ1v) is 10.4. The molecule has 1 saturated heterocycles. The number of hydrogen-bond donors (Lipinski definition) is 1. The van der Waals surface area contributed by atoms with Gasteiger partial charge in [0.05, 0.1) is 11.4 Å². The van der Waals surface area contributed by atoms with E-state index < -0.39 is 6.10 Å². The fourth-order valence-corrected chi connectivity index (χ4v) is 4.53. The number of aromatic nitrogens is 2. The van der Waals surface area contributed by atoms with Crippen molar-refractivity contribution in [2.24, 2.45) is 0 Å². The molecule has 146 valence electrons. The van der Waals surface area contributed by atoms with Crippen molar-refractivity contribution in [1.82, 2.24) is 19.6 Å². The molecule has 0 saturated carbocycles. The molecule has 0 amide bonds. The number of aliphatic hydroxyl groups excluding tert-OH is 1. The number of rotatable bonds is 4. The first-order chi connectivity index (χ1) is 13.1. The normalized spacial score (nSPS) is 21.2. The Kier molecular flexibility index (Phi) is 5.62. The standard InChI is InChI=1S/C22H32N4O/c1-17(2)24-13-9-19(10-14-24)25-11-6-12-26-20(16-25)15-21(23-26)22(27)18-7-4-3-5-8-18/h3-5,7-8,15,17,19,22,27H,6,9-14,16H2,1-2H3/t22-/m1/s1. The van der Waals surface area contributed by atoms with Gasteiger partial charge in [-0.3, -0.25) is 9.58 Å². The molecule has 5 heteroatoms. The van der Waals surface area contributed by atoms with Gasteiger partial charge in [-0.25, -0.2) is 0 Å². The van der Waals surface area contributed by atoms with Gasteiger partial charge in [0.2, 0.25) is 0 Å². The van der Waals surface area contributed by atoms with Gasteiger partial charge in [-0.15, -0.1) is 0 Å². The molecule has 0 spiro atoms. The van der Waals surface area contributed by atoms with Gasteiger partial charge in [-0.1, -0.05) is 30.3 Å². The minimum Gasteiger partial charge on any atom is -0.382 e. The van der Waals surface area contributed by atoms with E-state index in [2.05, 4.69) is 34.4 Å². The molecule has 0 aliphatic carbocycles. The second-order valence-corrected chi connectivity index (χ2v) is 8.28. The van der Waals surface area contributed by atoms with E-state index >= 15 is 0 Å². The van der Waals surface area contributed by atoms with E-state index in [1.54, 1.807) is 0 Å². The Bertz CT molecular complexity index is 734. The van der Waals surface area contributed by atoms with Crippen molar-refractivity contribution in [1.29, 1.82) is 0 Å². The number of fused-ring (bicyclic) bond motifs is 1. The molecular weight excluding hydrogens is 336 g/mol. The SMILES string of the molecule is CC(C)N1CCC(N2CCCn3nc([C@H](O)c4ccccc4)cc3C2)CC1. The second-order valence-electron chi connectivity index (χ2n) is 8.28. The predicted molar refractivity (Wildman–Crippen MR) is 107 cm³/mol. The van der Waals surface area contributed by atoms with E-state index in [4.69, 9.17) is 5.10 Å². The molecule has 4 rings (SSSR count). The summed E-state index contributed by atoms with van der Waals surface area (Å²) in [5.41, 5.74) is 2.92. The van der Waals surface area contributed by atoms with Crippen LogP contribution in [0, 0.1) is 0 Å². The van der Waals surface area contributed by atoms with Crippen molar-refractivity contribution in [2.75, 3.05) is 19.6 Å². The monoisotopic (exact) mass is 368 g/mol. The van der Waals surface area contributed by atoms with Crippen LogP contribution in [0.2, 0.25) is 0 Å². The second kappa shape index (κ2) is 8.13. The summed E-state index contributed by atoms with van der Waals surface area (Å²) >= 11 is 0. The van der Waals surface area contributed by atoms with E-state index in [0.29, 0.717) is 12.1 Å². The predicted octanol–water partition coefficient (Wildman–Crippen LogP) is 3.04. The summed E-state index contributed by atoms with van der Waals surface area (Å²) in [6.07, 6.45) is 2.99. The lowest BCUT2D eigenvalue weighted by Crippen LogP contribution is -2.46. The van der Waals surface area contributed by atoms with Crippen LogP contribution in [0.15, 0.2) is 36.4 Å². The summed E-state index contributed by atoms with van der Waals surface area (Å²) in [5, 5.41) is 15.4. The minimum absolute atomic E-state index is 0.645. The number of aliphatic hydroxyl groups is 1. The highest BCUT2D eigenvalue weighted by atomic mass is 16.3. The van der Waals surface area contributed by atoms with Crippen LogP contribution in [0.1, 0.15) is 56.2 Å². The summed E-state index contributed by atoms with van der Waals surface area (Å²) in [6.45, 7) is 10.0. The zero-order valence-electron chi connectivity index (χ0n) is 16.6. The zero-order valence-corrected chi connectivity index (χ0v) is 16.6. The van der Waals surface area contributed by atoms with E-state index in [9.17, 15) is 5.11 Å². The molecule has 2 aliphatic heterocycles. The highest BCUT2D eigenvalue weighted by Gasteiger charge is 2.28. The van der Waals surface area contributed by atoms with Gasteiger partial charge >= 0.3 is 0 Å². The molecule has 5 nitrogen and oxygen atoms in total. The molecule has 2 aliphatic rings. The number of hydrogen-bond acceptors (Lipinski definition) is 4. The van der Waals surface area contributed by atoms with Crippen LogP contribution in [-0.4, -0.2) is 56.4 Å². The Hall–Kier alpha value is -1.69. The molecular formula is C22H32N4O. The Labute approximate surface area is 162 Å². The van der Waals surface area contributed by atoms with Crippen molar-refractivity contribution in [3.05, 3.63) is 53.3 Å². The van der Waals surface area contributed by atoms with Gasteiger partial charge in [-0.05, 0) is 57.8 Å². The van der Waals surface area contributed by atoms with Gasteiger partial charge in [0.15, 0.2) is 0 Å². The van der Waals surface area contributed by atoms with Crippen LogP contribution in [0.5, 0.6) is 0 Å². The fraction of sp³-hybridized carbons (Fsp3) is 0.591. The molecule has 3 heterocycles. The maximum atomic E-state index is 10.7. The molecule has 2 aromatic rings. The Morgan fingerprint density at radius 1 is 1.04 bits per heavy atom. The van der Waals surface area contributed by atoms with Crippen LogP contribution in [0.3, 0.4) is 0 Å². The number of likely N-dealkylation sites (tertiary alicyclic amines) is 1. The Balaban J connectivity index is 1.46. The number of aryl methyl sites for hydroxylation is 1. The van der Waals surface area contributed by atoms with Crippen LogP contribution >= 0.6 is 0 Å². The summed E-state index contributed by atoms with van der Waals surface area (Å²) < 4.78 is 2.12. The molecule has 0 unspecified atom stereocenters. The van der Waals surface area contributed by atoms with E-state index in [-0.39, 0.29) is 0 Å². The number of nitrogens with zero attached hydrogens (tertiary/aromatic N) is 4. The van der Waals surface area contributed by atoms with Crippen molar-refractivity contribution in [3.63, 3.8) is 0 Å². The molecule has 1 atom stereocenters. The number of piperidine rings is 1. The van der Waals surface area contributed by atoms with Crippen LogP contribution < -0.4 is 0 Å². The maximum absolute atomic E-state index is 10.7. The van der Waals surface area contributed by atoms with Gasteiger partial charge in [0, 0.05) is 31.7 Å². The Morgan fingerprint density at radius 3 is 2.48 bits per heavy atom. The average molecular weight is 369 g/mol. The van der Waals surface area contributed by atoms with Crippen LogP contribution in [0.25, 0.3) is 0 Å². The first-order valence-electron chi connectivity index (χ1n) is 10.4. The minimum atomic E-state index is -0.645. The van der Waals surface area contributed by atoms with Crippen molar-refractivity contribution in [2.45, 2.75) is 64.4 Å². The average Bonchev–Trinajstić information content (AvgIpc) is 2.99. The third-order valence-electron chi connectivity index (χ3n) is 6.20. The molecule has 1 fully saturated rings. The van der Waals surface area contributed by atoms with E-state index in [1.165, 1.54) is 31.6 Å². The summed E-state index contributed by atoms with van der Waals surface area (Å²) in [7, 11) is 0. The first kappa shape index (κ1) is 18.7. The molecule has 1 aromatic heterocycles. The van der Waals surface area contributed by atoms with Crippen LogP contribution in [0.4, 0.5) is 0 Å². The highest BCUT2D eigenvalue weighted by molar-refractivity contribution is 5.26. The third kappa shape index (κ3) is 4.10. The Morgan fingerprint density at radius 2 is 1.78 bits per heavy atom. The topological polar surface area (TPSA) is 44.5 Å². The summed E-state index contributed by atoms with van der Waals surface area (Å²) in [5.74, 6) is 0. The van der Waals surface area contributed by atoms with Gasteiger partial charge in [0.25, 0.3) is 0 Å². The van der Waals surface area contributed by atoms with E-state index in [0.717, 1.165) is 37.3 Å². The molecule has 0 bridgehead atoms. The van der Waals surface area contributed by atoms with Gasteiger partial charge in [0.1, 0.15) is 6.10 Å². The zero-order chi connectivity index (χ0) is 18.8. The molecule has 27 heavy (non-hydrogen) atoms. The number of benzene rings is 1. The van der Waals surface area contributed by atoms with Gasteiger partial charge in [-0.2, -0.15) is 5.10 Å². The maximum Gasteiger partial charge on any atom is 0.123 e. The largest absolute Gasteiger partial charge is 0.382 e. The molecule has 1 aromatic carbocycles. The van der Waals surface area contributed by atoms with Crippen molar-refractivity contribution >= 4 is 0 Å². The fourth-order valence-electron chi connectivity index (χ4n) is 4.53. The van der Waals surface area contributed by atoms with Crippen molar-refractivity contribution < 1.29 is 5.11 Å². The van der Waals surface area contributed by atoms with Crippen LogP contribution in [-0.2, 0) is 13.1 Å². The van der Waals surface area contributed by atoms with E-state index in [1.807, 2.05) is 30.3 Å². The summed E-state index contributed by atoms with van der Waals surface area (Å²) in [4.78, 5) is 5.24. The lowest BCUT2D eigenvalue weighted by Gasteiger charge is -2.39. The third-order valence-corrected chi connectivity index (χ3v) is 6.20. The van der Waals surface area contributed by atoms with Crippen molar-refractivity contribution in [3.8, 4) is 0 Å². The lowest BCUT2D eigenvalue weighted by molar-refractivity contribution is 0.0882. The molecule has 0 radical (unpaired) electrons. The highest BCUT2D eigenvalue weighted by Crippen LogP contribution is 2.26. The molecule has 1 N–H and O–H groups in total. The lowest BCUT2D eigenvalue weighted by atomic mass is 10.0.